The van der Waals surface area contributed by atoms with Gasteiger partial charge in [0.05, 0.1) is 0 Å². The molecule has 0 aromatic rings. The van der Waals surface area contributed by atoms with Gasteiger partial charge in [-0.2, -0.15) is 0 Å². The van der Waals surface area contributed by atoms with E-state index in [9.17, 15) is 0 Å². The van der Waals surface area contributed by atoms with Crippen molar-refractivity contribution in [3.8, 4) is 12.3 Å². The van der Waals surface area contributed by atoms with Gasteiger partial charge in [-0.1, -0.05) is 0 Å². The third-order valence-corrected chi connectivity index (χ3v) is 3.45. The number of nitrogens with zero attached hydrogens (tertiary/aromatic N) is 1. The Labute approximate surface area is 93.4 Å². The van der Waals surface area contributed by atoms with Crippen molar-refractivity contribution < 1.29 is 0 Å². The van der Waals surface area contributed by atoms with Crippen molar-refractivity contribution in [3.63, 3.8) is 0 Å². The smallest absolute Gasteiger partial charge is 0.0195 e. The molecular weight excluding hydrogens is 184 g/mol. The molecule has 1 atom stereocenters. The average Bonchev–Trinajstić information content (AvgIpc) is 2.97. The largest absolute Gasteiger partial charge is 0.313 e. The van der Waals surface area contributed by atoms with Crippen LogP contribution in [0, 0.1) is 12.3 Å². The second-order valence-corrected chi connectivity index (χ2v) is 4.83. The standard InChI is InChI=1S/C13H22N2/c1-2-3-4-10-15(13-7-8-13)11-12-6-5-9-14-12/h1,12-14H,3-11H2. The van der Waals surface area contributed by atoms with Crippen molar-refractivity contribution in [2.45, 2.75) is 50.6 Å². The van der Waals surface area contributed by atoms with Gasteiger partial charge in [-0.15, -0.1) is 12.3 Å². The van der Waals surface area contributed by atoms with Crippen LogP contribution >= 0.6 is 0 Å². The summed E-state index contributed by atoms with van der Waals surface area (Å²) in [4.78, 5) is 2.65. The molecule has 1 aliphatic carbocycles. The minimum absolute atomic E-state index is 0.747. The van der Waals surface area contributed by atoms with Gasteiger partial charge in [-0.3, -0.25) is 4.90 Å². The molecule has 15 heavy (non-hydrogen) atoms. The molecule has 0 aromatic heterocycles. The number of rotatable bonds is 6. The van der Waals surface area contributed by atoms with Crippen LogP contribution in [0.15, 0.2) is 0 Å². The summed E-state index contributed by atoms with van der Waals surface area (Å²) in [6.45, 7) is 3.66. The molecule has 0 bridgehead atoms. The fourth-order valence-electron chi connectivity index (χ4n) is 2.44. The van der Waals surface area contributed by atoms with Crippen molar-refractivity contribution in [2.24, 2.45) is 0 Å². The first-order chi connectivity index (χ1) is 7.40. The number of hydrogen-bond acceptors (Lipinski definition) is 2. The normalized spacial score (nSPS) is 25.7. The third kappa shape index (κ3) is 3.52. The number of terminal acetylenes is 1. The molecule has 1 unspecified atom stereocenters. The van der Waals surface area contributed by atoms with E-state index in [1.807, 2.05) is 0 Å². The Morgan fingerprint density at radius 3 is 2.80 bits per heavy atom. The number of nitrogens with one attached hydrogen (secondary N) is 1. The molecule has 0 aromatic carbocycles. The third-order valence-electron chi connectivity index (χ3n) is 3.45. The Morgan fingerprint density at radius 1 is 1.33 bits per heavy atom. The van der Waals surface area contributed by atoms with E-state index in [2.05, 4.69) is 16.1 Å². The van der Waals surface area contributed by atoms with E-state index in [-0.39, 0.29) is 0 Å². The van der Waals surface area contributed by atoms with Crippen molar-refractivity contribution >= 4 is 0 Å². The van der Waals surface area contributed by atoms with E-state index in [4.69, 9.17) is 6.42 Å². The van der Waals surface area contributed by atoms with Gasteiger partial charge >= 0.3 is 0 Å². The predicted molar refractivity (Wildman–Crippen MR) is 63.7 cm³/mol. The quantitative estimate of drug-likeness (QED) is 0.525. The van der Waals surface area contributed by atoms with Gasteiger partial charge in [-0.25, -0.2) is 0 Å². The fraction of sp³-hybridized carbons (Fsp3) is 0.846. The molecule has 2 rings (SSSR count). The Hall–Kier alpha value is -0.520. The zero-order chi connectivity index (χ0) is 10.5. The Kier molecular flexibility index (Phi) is 4.05. The van der Waals surface area contributed by atoms with E-state index < -0.39 is 0 Å². The maximum absolute atomic E-state index is 5.29. The van der Waals surface area contributed by atoms with Crippen molar-refractivity contribution in [1.29, 1.82) is 0 Å². The minimum atomic E-state index is 0.747. The van der Waals surface area contributed by atoms with Crippen LogP contribution in [0.2, 0.25) is 0 Å². The van der Waals surface area contributed by atoms with Crippen LogP contribution in [0.4, 0.5) is 0 Å². The van der Waals surface area contributed by atoms with Crippen molar-refractivity contribution in [3.05, 3.63) is 0 Å². The predicted octanol–water partition coefficient (Wildman–Crippen LogP) is 1.62. The zero-order valence-corrected chi connectivity index (χ0v) is 9.54. The topological polar surface area (TPSA) is 15.3 Å². The van der Waals surface area contributed by atoms with E-state index >= 15 is 0 Å². The Bertz CT molecular complexity index is 221. The lowest BCUT2D eigenvalue weighted by atomic mass is 10.2. The molecule has 1 saturated carbocycles. The fourth-order valence-corrected chi connectivity index (χ4v) is 2.44. The molecule has 1 saturated heterocycles. The molecular formula is C13H22N2. The summed E-state index contributed by atoms with van der Waals surface area (Å²) in [6, 6.07) is 1.63. The summed E-state index contributed by atoms with van der Waals surface area (Å²) < 4.78 is 0. The first-order valence-electron chi connectivity index (χ1n) is 6.31. The van der Waals surface area contributed by atoms with E-state index in [1.54, 1.807) is 0 Å². The van der Waals surface area contributed by atoms with Gasteiger partial charge in [0.1, 0.15) is 0 Å². The molecule has 1 heterocycles. The second kappa shape index (κ2) is 5.53. The summed E-state index contributed by atoms with van der Waals surface area (Å²) in [5, 5.41) is 3.58. The Balaban J connectivity index is 1.70. The monoisotopic (exact) mass is 206 g/mol. The van der Waals surface area contributed by atoms with E-state index in [0.29, 0.717) is 0 Å². The first-order valence-corrected chi connectivity index (χ1v) is 6.31. The van der Waals surface area contributed by atoms with Crippen LogP contribution in [0.1, 0.15) is 38.5 Å². The zero-order valence-electron chi connectivity index (χ0n) is 9.54. The molecule has 2 nitrogen and oxygen atoms in total. The highest BCUT2D eigenvalue weighted by molar-refractivity contribution is 4.90. The molecule has 0 amide bonds. The van der Waals surface area contributed by atoms with Crippen LogP contribution in [0.5, 0.6) is 0 Å². The molecule has 1 N–H and O–H groups in total. The average molecular weight is 206 g/mol. The summed E-state index contributed by atoms with van der Waals surface area (Å²) in [7, 11) is 0. The maximum atomic E-state index is 5.29. The summed E-state index contributed by atoms with van der Waals surface area (Å²) in [5.74, 6) is 2.73. The highest BCUT2D eigenvalue weighted by Crippen LogP contribution is 2.27. The molecule has 2 aliphatic rings. The van der Waals surface area contributed by atoms with Crippen LogP contribution < -0.4 is 5.32 Å². The highest BCUT2D eigenvalue weighted by Gasteiger charge is 2.30. The lowest BCUT2D eigenvalue weighted by Gasteiger charge is -2.25. The van der Waals surface area contributed by atoms with Crippen molar-refractivity contribution in [2.75, 3.05) is 19.6 Å². The lowest BCUT2D eigenvalue weighted by molar-refractivity contribution is 0.238. The van der Waals surface area contributed by atoms with Gasteiger partial charge in [0.15, 0.2) is 0 Å². The van der Waals surface area contributed by atoms with Gasteiger partial charge in [0.25, 0.3) is 0 Å². The summed E-state index contributed by atoms with van der Waals surface area (Å²) in [5.41, 5.74) is 0. The van der Waals surface area contributed by atoms with Crippen LogP contribution in [-0.4, -0.2) is 36.6 Å². The van der Waals surface area contributed by atoms with Gasteiger partial charge in [0.2, 0.25) is 0 Å². The molecule has 0 radical (unpaired) electrons. The van der Waals surface area contributed by atoms with E-state index in [0.717, 1.165) is 18.5 Å². The molecule has 2 fully saturated rings. The SMILES string of the molecule is C#CCCCN(CC1CCCN1)C1CC1. The first kappa shape index (κ1) is 11.0. The van der Waals surface area contributed by atoms with E-state index in [1.165, 1.54) is 51.7 Å². The summed E-state index contributed by atoms with van der Waals surface area (Å²) in [6.07, 6.45) is 12.9. The van der Waals surface area contributed by atoms with Crippen LogP contribution in [0.3, 0.4) is 0 Å². The molecule has 1 aliphatic heterocycles. The van der Waals surface area contributed by atoms with Gasteiger partial charge in [-0.05, 0) is 45.2 Å². The lowest BCUT2D eigenvalue weighted by Crippen LogP contribution is -2.39. The minimum Gasteiger partial charge on any atom is -0.313 e. The molecule has 84 valence electrons. The number of unbranched alkanes of at least 4 members (excludes halogenated alkanes) is 1. The molecule has 2 heteroatoms. The van der Waals surface area contributed by atoms with Crippen molar-refractivity contribution in [1.82, 2.24) is 10.2 Å². The van der Waals surface area contributed by atoms with Gasteiger partial charge < -0.3 is 5.32 Å². The Morgan fingerprint density at radius 2 is 2.20 bits per heavy atom. The van der Waals surface area contributed by atoms with Crippen LogP contribution in [-0.2, 0) is 0 Å². The highest BCUT2D eigenvalue weighted by atomic mass is 15.2. The second-order valence-electron chi connectivity index (χ2n) is 4.83. The van der Waals surface area contributed by atoms with Crippen LogP contribution in [0.25, 0.3) is 0 Å². The maximum Gasteiger partial charge on any atom is 0.0195 e. The number of hydrogen-bond donors (Lipinski definition) is 1. The summed E-state index contributed by atoms with van der Waals surface area (Å²) >= 11 is 0. The molecule has 0 spiro atoms. The van der Waals surface area contributed by atoms with Gasteiger partial charge in [0, 0.05) is 25.0 Å².